The molecule has 1 aliphatic carbocycles. The SMILES string of the molecule is CCN(CC)C(=O)CCNC(=O)C1CC(N)C(C)CC1C. The molecule has 0 heterocycles. The van der Waals surface area contributed by atoms with Crippen LogP contribution in [0.25, 0.3) is 0 Å². The normalized spacial score (nSPS) is 29.0. The summed E-state index contributed by atoms with van der Waals surface area (Å²) in [6.07, 6.45) is 2.12. The summed E-state index contributed by atoms with van der Waals surface area (Å²) in [6.45, 7) is 10.1. The van der Waals surface area contributed by atoms with Gasteiger partial charge in [0, 0.05) is 38.0 Å². The Morgan fingerprint density at radius 2 is 1.76 bits per heavy atom. The minimum Gasteiger partial charge on any atom is -0.355 e. The molecule has 1 aliphatic rings. The molecule has 3 N–H and O–H groups in total. The predicted molar refractivity (Wildman–Crippen MR) is 84.6 cm³/mol. The minimum absolute atomic E-state index is 0.0141. The van der Waals surface area contributed by atoms with Crippen LogP contribution in [0.2, 0.25) is 0 Å². The van der Waals surface area contributed by atoms with E-state index in [1.165, 1.54) is 0 Å². The van der Waals surface area contributed by atoms with Gasteiger partial charge in [0.25, 0.3) is 0 Å². The number of hydrogen-bond acceptors (Lipinski definition) is 3. The molecule has 122 valence electrons. The van der Waals surface area contributed by atoms with Crippen molar-refractivity contribution in [3.05, 3.63) is 0 Å². The van der Waals surface area contributed by atoms with Crippen LogP contribution in [-0.4, -0.2) is 42.4 Å². The quantitative estimate of drug-likeness (QED) is 0.777. The zero-order chi connectivity index (χ0) is 16.0. The van der Waals surface area contributed by atoms with Gasteiger partial charge in [-0.1, -0.05) is 13.8 Å². The second-order valence-corrected chi connectivity index (χ2v) is 6.30. The van der Waals surface area contributed by atoms with Gasteiger partial charge in [-0.3, -0.25) is 9.59 Å². The van der Waals surface area contributed by atoms with Crippen molar-refractivity contribution in [1.29, 1.82) is 0 Å². The summed E-state index contributed by atoms with van der Waals surface area (Å²) in [5.74, 6) is 0.978. The lowest BCUT2D eigenvalue weighted by Crippen LogP contribution is -2.45. The maximum atomic E-state index is 12.3. The summed E-state index contributed by atoms with van der Waals surface area (Å²) in [6, 6.07) is 0.106. The standard InChI is InChI=1S/C16H31N3O2/c1-5-19(6-2)15(20)7-8-18-16(21)13-10-14(17)12(4)9-11(13)3/h11-14H,5-10,17H2,1-4H3,(H,18,21). The highest BCUT2D eigenvalue weighted by molar-refractivity contribution is 5.80. The molecule has 0 radical (unpaired) electrons. The van der Waals surface area contributed by atoms with E-state index in [2.05, 4.69) is 19.2 Å². The van der Waals surface area contributed by atoms with E-state index in [1.807, 2.05) is 13.8 Å². The summed E-state index contributed by atoms with van der Waals surface area (Å²) in [5, 5.41) is 2.91. The van der Waals surface area contributed by atoms with Gasteiger partial charge in [0.1, 0.15) is 0 Å². The molecule has 1 saturated carbocycles. The highest BCUT2D eigenvalue weighted by Crippen LogP contribution is 2.32. The van der Waals surface area contributed by atoms with Gasteiger partial charge < -0.3 is 16.0 Å². The Labute approximate surface area is 128 Å². The number of nitrogens with two attached hydrogens (primary N) is 1. The first-order valence-corrected chi connectivity index (χ1v) is 8.21. The highest BCUT2D eigenvalue weighted by Gasteiger charge is 2.34. The molecule has 21 heavy (non-hydrogen) atoms. The third-order valence-electron chi connectivity index (χ3n) is 4.78. The zero-order valence-corrected chi connectivity index (χ0v) is 13.9. The van der Waals surface area contributed by atoms with Crippen LogP contribution in [0, 0.1) is 17.8 Å². The second-order valence-electron chi connectivity index (χ2n) is 6.30. The third kappa shape index (κ3) is 4.99. The first-order chi connectivity index (χ1) is 9.90. The van der Waals surface area contributed by atoms with E-state index in [-0.39, 0.29) is 23.8 Å². The average Bonchev–Trinajstić information content (AvgIpc) is 2.44. The molecule has 0 aromatic rings. The van der Waals surface area contributed by atoms with Gasteiger partial charge in [0.2, 0.25) is 11.8 Å². The van der Waals surface area contributed by atoms with Crippen molar-refractivity contribution in [3.63, 3.8) is 0 Å². The fourth-order valence-corrected chi connectivity index (χ4v) is 3.21. The molecular formula is C16H31N3O2. The number of hydrogen-bond donors (Lipinski definition) is 2. The van der Waals surface area contributed by atoms with Crippen molar-refractivity contribution in [1.82, 2.24) is 10.2 Å². The highest BCUT2D eigenvalue weighted by atomic mass is 16.2. The van der Waals surface area contributed by atoms with E-state index in [4.69, 9.17) is 5.73 Å². The van der Waals surface area contributed by atoms with Crippen molar-refractivity contribution < 1.29 is 9.59 Å². The van der Waals surface area contributed by atoms with Gasteiger partial charge in [0.15, 0.2) is 0 Å². The fraction of sp³-hybridized carbons (Fsp3) is 0.875. The Morgan fingerprint density at radius 3 is 2.33 bits per heavy atom. The number of rotatable bonds is 6. The Bertz CT molecular complexity index is 355. The Kier molecular flexibility index (Phi) is 7.15. The van der Waals surface area contributed by atoms with Crippen LogP contribution in [-0.2, 0) is 9.59 Å². The molecule has 0 aromatic heterocycles. The molecule has 0 bridgehead atoms. The minimum atomic E-state index is -0.0141. The summed E-state index contributed by atoms with van der Waals surface area (Å²) < 4.78 is 0. The topological polar surface area (TPSA) is 75.4 Å². The summed E-state index contributed by atoms with van der Waals surface area (Å²) in [7, 11) is 0. The average molecular weight is 297 g/mol. The maximum Gasteiger partial charge on any atom is 0.224 e. The van der Waals surface area contributed by atoms with E-state index >= 15 is 0 Å². The second kappa shape index (κ2) is 8.37. The van der Waals surface area contributed by atoms with Crippen molar-refractivity contribution in [2.75, 3.05) is 19.6 Å². The zero-order valence-electron chi connectivity index (χ0n) is 13.9. The van der Waals surface area contributed by atoms with Crippen LogP contribution in [0.15, 0.2) is 0 Å². The van der Waals surface area contributed by atoms with Crippen LogP contribution < -0.4 is 11.1 Å². The number of nitrogens with one attached hydrogen (secondary N) is 1. The first-order valence-electron chi connectivity index (χ1n) is 8.21. The van der Waals surface area contributed by atoms with Crippen molar-refractivity contribution in [3.8, 4) is 0 Å². The van der Waals surface area contributed by atoms with Gasteiger partial charge in [-0.05, 0) is 38.5 Å². The smallest absolute Gasteiger partial charge is 0.224 e. The monoisotopic (exact) mass is 297 g/mol. The van der Waals surface area contributed by atoms with E-state index in [0.29, 0.717) is 24.8 Å². The van der Waals surface area contributed by atoms with Crippen molar-refractivity contribution >= 4 is 11.8 Å². The molecular weight excluding hydrogens is 266 g/mol. The molecule has 4 unspecified atom stereocenters. The Balaban J connectivity index is 2.38. The lowest BCUT2D eigenvalue weighted by atomic mass is 9.72. The largest absolute Gasteiger partial charge is 0.355 e. The van der Waals surface area contributed by atoms with Gasteiger partial charge >= 0.3 is 0 Å². The van der Waals surface area contributed by atoms with Crippen molar-refractivity contribution in [2.45, 2.75) is 53.0 Å². The van der Waals surface area contributed by atoms with E-state index in [1.54, 1.807) is 4.90 Å². The lowest BCUT2D eigenvalue weighted by molar-refractivity contribution is -0.131. The molecule has 5 heteroatoms. The van der Waals surface area contributed by atoms with E-state index in [0.717, 1.165) is 25.9 Å². The van der Waals surface area contributed by atoms with Crippen molar-refractivity contribution in [2.24, 2.45) is 23.5 Å². The number of carbonyl (C=O) groups is 2. The molecule has 0 aromatic carbocycles. The van der Waals surface area contributed by atoms with Crippen LogP contribution in [0.1, 0.15) is 47.0 Å². The third-order valence-corrected chi connectivity index (χ3v) is 4.78. The molecule has 1 fully saturated rings. The predicted octanol–water partition coefficient (Wildman–Crippen LogP) is 1.37. The summed E-state index contributed by atoms with van der Waals surface area (Å²) >= 11 is 0. The molecule has 0 aliphatic heterocycles. The lowest BCUT2D eigenvalue weighted by Gasteiger charge is -2.36. The Hall–Kier alpha value is -1.10. The van der Waals surface area contributed by atoms with E-state index < -0.39 is 0 Å². The van der Waals surface area contributed by atoms with Crippen LogP contribution in [0.4, 0.5) is 0 Å². The van der Waals surface area contributed by atoms with Gasteiger partial charge in [-0.2, -0.15) is 0 Å². The fourth-order valence-electron chi connectivity index (χ4n) is 3.21. The molecule has 0 saturated heterocycles. The first kappa shape index (κ1) is 18.0. The van der Waals surface area contributed by atoms with Crippen LogP contribution >= 0.6 is 0 Å². The molecule has 1 rings (SSSR count). The van der Waals surface area contributed by atoms with Gasteiger partial charge in [-0.15, -0.1) is 0 Å². The summed E-state index contributed by atoms with van der Waals surface area (Å²) in [4.78, 5) is 25.9. The van der Waals surface area contributed by atoms with Gasteiger partial charge in [-0.25, -0.2) is 0 Å². The number of nitrogens with zero attached hydrogens (tertiary/aromatic N) is 1. The molecule has 5 nitrogen and oxygen atoms in total. The number of amides is 2. The van der Waals surface area contributed by atoms with Gasteiger partial charge in [0.05, 0.1) is 0 Å². The molecule has 2 amide bonds. The molecule has 4 atom stereocenters. The van der Waals surface area contributed by atoms with E-state index in [9.17, 15) is 9.59 Å². The number of carbonyl (C=O) groups excluding carboxylic acids is 2. The van der Waals surface area contributed by atoms with Crippen LogP contribution in [0.5, 0.6) is 0 Å². The Morgan fingerprint density at radius 1 is 1.14 bits per heavy atom. The van der Waals surface area contributed by atoms with Crippen LogP contribution in [0.3, 0.4) is 0 Å². The summed E-state index contributed by atoms with van der Waals surface area (Å²) in [5.41, 5.74) is 6.08. The molecule has 0 spiro atoms. The maximum absolute atomic E-state index is 12.3.